The van der Waals surface area contributed by atoms with E-state index in [-0.39, 0.29) is 0 Å². The van der Waals surface area contributed by atoms with Crippen molar-refractivity contribution in [3.8, 4) is 5.75 Å². The maximum Gasteiger partial charge on any atom is 0.122 e. The molecule has 1 aliphatic heterocycles. The Morgan fingerprint density at radius 1 is 1.29 bits per heavy atom. The lowest BCUT2D eigenvalue weighted by Gasteiger charge is -2.30. The van der Waals surface area contributed by atoms with Gasteiger partial charge >= 0.3 is 0 Å². The van der Waals surface area contributed by atoms with Gasteiger partial charge in [0.1, 0.15) is 5.75 Å². The molecule has 1 aromatic rings. The van der Waals surface area contributed by atoms with Gasteiger partial charge in [0.15, 0.2) is 0 Å². The maximum atomic E-state index is 5.61. The molecule has 1 aromatic carbocycles. The molecule has 3 heteroatoms. The van der Waals surface area contributed by atoms with Crippen LogP contribution in [0.4, 0.5) is 0 Å². The highest BCUT2D eigenvalue weighted by atomic mass is 16.5. The predicted molar refractivity (Wildman–Crippen MR) is 89.0 cm³/mol. The Bertz CT molecular complexity index is 457. The van der Waals surface area contributed by atoms with Crippen LogP contribution in [0.15, 0.2) is 18.2 Å². The summed E-state index contributed by atoms with van der Waals surface area (Å²) < 4.78 is 5.61. The second kappa shape index (κ2) is 7.28. The minimum Gasteiger partial charge on any atom is -0.493 e. The van der Waals surface area contributed by atoms with Crippen LogP contribution in [-0.4, -0.2) is 38.2 Å². The molecule has 0 radical (unpaired) electrons. The van der Waals surface area contributed by atoms with Crippen molar-refractivity contribution in [1.82, 2.24) is 10.2 Å². The first-order chi connectivity index (χ1) is 10.0. The molecule has 118 valence electrons. The van der Waals surface area contributed by atoms with Crippen LogP contribution in [0.5, 0.6) is 5.75 Å². The summed E-state index contributed by atoms with van der Waals surface area (Å²) in [6.07, 6.45) is 2.15. The third kappa shape index (κ3) is 4.21. The SMILES string of the molecule is CCC(NC(CN(C)C)C(C)C)c1ccc2c(c1)CCO2. The smallest absolute Gasteiger partial charge is 0.122 e. The number of fused-ring (bicyclic) bond motifs is 1. The summed E-state index contributed by atoms with van der Waals surface area (Å²) in [5, 5.41) is 3.86. The van der Waals surface area contributed by atoms with Crippen molar-refractivity contribution >= 4 is 0 Å². The molecule has 2 atom stereocenters. The predicted octanol–water partition coefficient (Wildman–Crippen LogP) is 3.25. The molecule has 0 saturated heterocycles. The van der Waals surface area contributed by atoms with Gasteiger partial charge < -0.3 is 15.0 Å². The molecule has 2 rings (SSSR count). The van der Waals surface area contributed by atoms with E-state index in [4.69, 9.17) is 4.74 Å². The van der Waals surface area contributed by atoms with E-state index in [0.29, 0.717) is 18.0 Å². The molecule has 0 bridgehead atoms. The zero-order valence-corrected chi connectivity index (χ0v) is 14.1. The molecule has 0 aromatic heterocycles. The Hall–Kier alpha value is -1.06. The maximum absolute atomic E-state index is 5.61. The Labute approximate surface area is 129 Å². The van der Waals surface area contributed by atoms with Crippen molar-refractivity contribution in [2.24, 2.45) is 5.92 Å². The molecule has 2 unspecified atom stereocenters. The van der Waals surface area contributed by atoms with Gasteiger partial charge in [0.2, 0.25) is 0 Å². The highest BCUT2D eigenvalue weighted by molar-refractivity contribution is 5.40. The first-order valence-electron chi connectivity index (χ1n) is 8.17. The Morgan fingerprint density at radius 2 is 2.05 bits per heavy atom. The standard InChI is InChI=1S/C18H30N2O/c1-6-16(19-17(13(2)3)12-20(4)5)14-7-8-18-15(11-14)9-10-21-18/h7-8,11,13,16-17,19H,6,9-10,12H2,1-5H3. The summed E-state index contributed by atoms with van der Waals surface area (Å²) in [5.74, 6) is 1.70. The Balaban J connectivity index is 2.11. The third-order valence-corrected chi connectivity index (χ3v) is 4.31. The summed E-state index contributed by atoms with van der Waals surface area (Å²) in [5.41, 5.74) is 2.76. The summed E-state index contributed by atoms with van der Waals surface area (Å²) in [7, 11) is 4.29. The number of likely N-dealkylation sites (N-methyl/N-ethyl adjacent to an activating group) is 1. The fraction of sp³-hybridized carbons (Fsp3) is 0.667. The van der Waals surface area contributed by atoms with Gasteiger partial charge in [-0.05, 0) is 43.6 Å². The minimum absolute atomic E-state index is 0.420. The van der Waals surface area contributed by atoms with Crippen LogP contribution in [0.3, 0.4) is 0 Å². The van der Waals surface area contributed by atoms with Crippen molar-refractivity contribution in [2.75, 3.05) is 27.2 Å². The van der Waals surface area contributed by atoms with Gasteiger partial charge in [-0.2, -0.15) is 0 Å². The number of nitrogens with zero attached hydrogens (tertiary/aromatic N) is 1. The van der Waals surface area contributed by atoms with Crippen LogP contribution in [-0.2, 0) is 6.42 Å². The van der Waals surface area contributed by atoms with Gasteiger partial charge in [-0.25, -0.2) is 0 Å². The molecule has 1 aliphatic rings. The van der Waals surface area contributed by atoms with Crippen molar-refractivity contribution in [3.05, 3.63) is 29.3 Å². The number of hydrogen-bond donors (Lipinski definition) is 1. The molecule has 0 spiro atoms. The Morgan fingerprint density at radius 3 is 2.67 bits per heavy atom. The molecule has 1 heterocycles. The van der Waals surface area contributed by atoms with E-state index < -0.39 is 0 Å². The quantitative estimate of drug-likeness (QED) is 0.834. The van der Waals surface area contributed by atoms with Crippen molar-refractivity contribution in [2.45, 2.75) is 45.7 Å². The number of nitrogens with one attached hydrogen (secondary N) is 1. The number of ether oxygens (including phenoxy) is 1. The van der Waals surface area contributed by atoms with E-state index in [2.05, 4.69) is 63.3 Å². The van der Waals surface area contributed by atoms with E-state index in [1.165, 1.54) is 11.1 Å². The third-order valence-electron chi connectivity index (χ3n) is 4.31. The monoisotopic (exact) mass is 290 g/mol. The molecule has 3 nitrogen and oxygen atoms in total. The zero-order chi connectivity index (χ0) is 15.4. The molecule has 0 aliphatic carbocycles. The minimum atomic E-state index is 0.420. The van der Waals surface area contributed by atoms with E-state index >= 15 is 0 Å². The molecule has 1 N–H and O–H groups in total. The van der Waals surface area contributed by atoms with Gasteiger partial charge in [0.25, 0.3) is 0 Å². The van der Waals surface area contributed by atoms with Crippen LogP contribution in [0.1, 0.15) is 44.4 Å². The van der Waals surface area contributed by atoms with E-state index in [1.54, 1.807) is 0 Å². The Kier molecular flexibility index (Phi) is 5.65. The van der Waals surface area contributed by atoms with Crippen molar-refractivity contribution < 1.29 is 4.74 Å². The lowest BCUT2D eigenvalue weighted by Crippen LogP contribution is -2.43. The van der Waals surface area contributed by atoms with Gasteiger partial charge in [-0.3, -0.25) is 0 Å². The highest BCUT2D eigenvalue weighted by Crippen LogP contribution is 2.29. The average molecular weight is 290 g/mol. The first kappa shape index (κ1) is 16.3. The highest BCUT2D eigenvalue weighted by Gasteiger charge is 2.21. The van der Waals surface area contributed by atoms with Crippen LogP contribution in [0, 0.1) is 5.92 Å². The normalized spacial score (nSPS) is 16.9. The zero-order valence-electron chi connectivity index (χ0n) is 14.1. The topological polar surface area (TPSA) is 24.5 Å². The lowest BCUT2D eigenvalue weighted by molar-refractivity contribution is 0.267. The van der Waals surface area contributed by atoms with Gasteiger partial charge in [-0.1, -0.05) is 32.9 Å². The van der Waals surface area contributed by atoms with Gasteiger partial charge in [-0.15, -0.1) is 0 Å². The van der Waals surface area contributed by atoms with Crippen LogP contribution >= 0.6 is 0 Å². The number of rotatable bonds is 7. The van der Waals surface area contributed by atoms with E-state index in [0.717, 1.165) is 31.7 Å². The van der Waals surface area contributed by atoms with E-state index in [1.807, 2.05) is 0 Å². The number of benzene rings is 1. The second-order valence-electron chi connectivity index (χ2n) is 6.71. The van der Waals surface area contributed by atoms with Crippen LogP contribution in [0.25, 0.3) is 0 Å². The van der Waals surface area contributed by atoms with E-state index in [9.17, 15) is 0 Å². The fourth-order valence-corrected chi connectivity index (χ4v) is 2.98. The first-order valence-corrected chi connectivity index (χ1v) is 8.17. The molecule has 0 saturated carbocycles. The summed E-state index contributed by atoms with van der Waals surface area (Å²) in [6, 6.07) is 7.62. The van der Waals surface area contributed by atoms with Gasteiger partial charge in [0.05, 0.1) is 6.61 Å². The molecule has 0 amide bonds. The van der Waals surface area contributed by atoms with Crippen molar-refractivity contribution in [3.63, 3.8) is 0 Å². The van der Waals surface area contributed by atoms with Crippen LogP contribution < -0.4 is 10.1 Å². The van der Waals surface area contributed by atoms with Crippen molar-refractivity contribution in [1.29, 1.82) is 0 Å². The largest absolute Gasteiger partial charge is 0.493 e. The average Bonchev–Trinajstić information content (AvgIpc) is 2.89. The summed E-state index contributed by atoms with van der Waals surface area (Å²) in [6.45, 7) is 8.75. The molecular weight excluding hydrogens is 260 g/mol. The molecule has 0 fully saturated rings. The number of hydrogen-bond acceptors (Lipinski definition) is 3. The fourth-order valence-electron chi connectivity index (χ4n) is 2.98. The molecular formula is C18H30N2O. The summed E-state index contributed by atoms with van der Waals surface area (Å²) in [4.78, 5) is 2.26. The summed E-state index contributed by atoms with van der Waals surface area (Å²) >= 11 is 0. The molecule has 21 heavy (non-hydrogen) atoms. The van der Waals surface area contributed by atoms with Gasteiger partial charge in [0, 0.05) is 25.0 Å². The lowest BCUT2D eigenvalue weighted by atomic mass is 9.97. The second-order valence-corrected chi connectivity index (χ2v) is 6.71. The van der Waals surface area contributed by atoms with Crippen LogP contribution in [0.2, 0.25) is 0 Å².